The minimum absolute atomic E-state index is 0.527. The van der Waals surface area contributed by atoms with E-state index in [0.717, 1.165) is 28.0 Å². The summed E-state index contributed by atoms with van der Waals surface area (Å²) < 4.78 is 10.9. The van der Waals surface area contributed by atoms with Gasteiger partial charge in [-0.1, -0.05) is 24.3 Å². The summed E-state index contributed by atoms with van der Waals surface area (Å²) in [5.41, 5.74) is 4.66. The minimum Gasteiger partial charge on any atom is -0.496 e. The lowest BCUT2D eigenvalue weighted by molar-refractivity contribution is 0.233. The van der Waals surface area contributed by atoms with Crippen LogP contribution in [0.3, 0.4) is 0 Å². The maximum atomic E-state index is 9.07. The fourth-order valence-corrected chi connectivity index (χ4v) is 2.38. The molecular weight excluding hydrogens is 250 g/mol. The highest BCUT2D eigenvalue weighted by atomic mass is 16.5. The number of hydrogen-bond donors (Lipinski definition) is 0. The summed E-state index contributed by atoms with van der Waals surface area (Å²) in [7, 11) is 1.65. The lowest BCUT2D eigenvalue weighted by Gasteiger charge is -2.20. The third-order valence-corrected chi connectivity index (χ3v) is 3.37. The Morgan fingerprint density at radius 2 is 2.00 bits per heavy atom. The second kappa shape index (κ2) is 5.10. The van der Waals surface area contributed by atoms with Crippen LogP contribution in [0, 0.1) is 11.3 Å². The average Bonchev–Trinajstić information content (AvgIpc) is 2.53. The Morgan fingerprint density at radius 1 is 1.15 bits per heavy atom. The fraction of sp³-hybridized carbons (Fsp3) is 0.118. The molecule has 1 aliphatic heterocycles. The summed E-state index contributed by atoms with van der Waals surface area (Å²) in [6, 6.07) is 15.6. The van der Waals surface area contributed by atoms with Gasteiger partial charge in [0.15, 0.2) is 0 Å². The maximum absolute atomic E-state index is 9.07. The van der Waals surface area contributed by atoms with Gasteiger partial charge < -0.3 is 9.47 Å². The normalized spacial score (nSPS) is 12.7. The van der Waals surface area contributed by atoms with E-state index < -0.39 is 0 Å². The molecule has 0 spiro atoms. The van der Waals surface area contributed by atoms with Crippen LogP contribution in [0.5, 0.6) is 5.75 Å². The number of fused-ring (bicyclic) bond motifs is 1. The number of benzene rings is 2. The highest BCUT2D eigenvalue weighted by Gasteiger charge is 2.18. The van der Waals surface area contributed by atoms with Crippen LogP contribution in [-0.4, -0.2) is 7.11 Å². The van der Waals surface area contributed by atoms with Crippen LogP contribution in [0.1, 0.15) is 22.3 Å². The molecule has 98 valence electrons. The Morgan fingerprint density at radius 3 is 2.80 bits per heavy atom. The molecule has 2 aromatic carbocycles. The SMILES string of the molecule is COc1ccccc1C1=COCc2ccc(C#N)cc21. The predicted molar refractivity (Wildman–Crippen MR) is 76.0 cm³/mol. The molecule has 1 aliphatic rings. The summed E-state index contributed by atoms with van der Waals surface area (Å²) in [4.78, 5) is 0. The standard InChI is InChI=1S/C17H13NO2/c1-19-17-5-3-2-4-14(17)16-11-20-10-13-7-6-12(9-18)8-15(13)16/h2-8,11H,10H2,1H3. The van der Waals surface area contributed by atoms with Crippen molar-refractivity contribution in [2.24, 2.45) is 0 Å². The molecule has 2 aromatic rings. The zero-order valence-electron chi connectivity index (χ0n) is 11.1. The van der Waals surface area contributed by atoms with Gasteiger partial charge in [0.25, 0.3) is 0 Å². The zero-order valence-corrected chi connectivity index (χ0v) is 11.1. The van der Waals surface area contributed by atoms with Crippen LogP contribution in [0.2, 0.25) is 0 Å². The topological polar surface area (TPSA) is 42.2 Å². The quantitative estimate of drug-likeness (QED) is 0.833. The molecule has 0 radical (unpaired) electrons. The van der Waals surface area contributed by atoms with Crippen molar-refractivity contribution in [3.63, 3.8) is 0 Å². The first-order chi connectivity index (χ1) is 9.83. The Hall–Kier alpha value is -2.73. The van der Waals surface area contributed by atoms with E-state index in [1.807, 2.05) is 42.5 Å². The summed E-state index contributed by atoms with van der Waals surface area (Å²) in [6.07, 6.45) is 1.74. The Labute approximate surface area is 117 Å². The Kier molecular flexibility index (Phi) is 3.14. The van der Waals surface area contributed by atoms with Gasteiger partial charge in [-0.25, -0.2) is 0 Å². The van der Waals surface area contributed by atoms with Gasteiger partial charge in [-0.05, 0) is 29.3 Å². The summed E-state index contributed by atoms with van der Waals surface area (Å²) in [6.45, 7) is 0.527. The summed E-state index contributed by atoms with van der Waals surface area (Å²) in [5, 5.41) is 9.07. The first-order valence-electron chi connectivity index (χ1n) is 6.32. The summed E-state index contributed by atoms with van der Waals surface area (Å²) >= 11 is 0. The molecule has 0 aliphatic carbocycles. The lowest BCUT2D eigenvalue weighted by Crippen LogP contribution is -2.04. The highest BCUT2D eigenvalue weighted by Crippen LogP contribution is 2.35. The van der Waals surface area contributed by atoms with Crippen molar-refractivity contribution in [3.8, 4) is 11.8 Å². The van der Waals surface area contributed by atoms with Crippen molar-refractivity contribution in [1.82, 2.24) is 0 Å². The van der Waals surface area contributed by atoms with E-state index in [1.165, 1.54) is 0 Å². The van der Waals surface area contributed by atoms with E-state index in [9.17, 15) is 0 Å². The number of nitriles is 1. The van der Waals surface area contributed by atoms with Crippen molar-refractivity contribution >= 4 is 5.57 Å². The largest absolute Gasteiger partial charge is 0.496 e. The molecule has 0 saturated heterocycles. The van der Waals surface area contributed by atoms with E-state index in [0.29, 0.717) is 12.2 Å². The number of hydrogen-bond acceptors (Lipinski definition) is 3. The van der Waals surface area contributed by atoms with Crippen molar-refractivity contribution in [2.45, 2.75) is 6.61 Å². The van der Waals surface area contributed by atoms with Crippen LogP contribution in [0.4, 0.5) is 0 Å². The zero-order chi connectivity index (χ0) is 13.9. The second-order valence-corrected chi connectivity index (χ2v) is 4.53. The van der Waals surface area contributed by atoms with Crippen molar-refractivity contribution in [2.75, 3.05) is 7.11 Å². The third-order valence-electron chi connectivity index (χ3n) is 3.37. The maximum Gasteiger partial charge on any atom is 0.126 e. The van der Waals surface area contributed by atoms with E-state index >= 15 is 0 Å². The monoisotopic (exact) mass is 263 g/mol. The molecule has 0 aromatic heterocycles. The molecule has 0 N–H and O–H groups in total. The van der Waals surface area contributed by atoms with Crippen LogP contribution in [-0.2, 0) is 11.3 Å². The van der Waals surface area contributed by atoms with E-state index in [4.69, 9.17) is 14.7 Å². The smallest absolute Gasteiger partial charge is 0.126 e. The summed E-state index contributed by atoms with van der Waals surface area (Å²) in [5.74, 6) is 0.789. The molecule has 0 bridgehead atoms. The van der Waals surface area contributed by atoms with Crippen molar-refractivity contribution in [1.29, 1.82) is 5.26 Å². The molecule has 20 heavy (non-hydrogen) atoms. The third kappa shape index (κ3) is 2.02. The van der Waals surface area contributed by atoms with Gasteiger partial charge in [-0.2, -0.15) is 5.26 Å². The first-order valence-corrected chi connectivity index (χ1v) is 6.32. The van der Waals surface area contributed by atoms with Crippen LogP contribution in [0.15, 0.2) is 48.7 Å². The van der Waals surface area contributed by atoms with Crippen molar-refractivity contribution < 1.29 is 9.47 Å². The Balaban J connectivity index is 2.17. The molecular formula is C17H13NO2. The van der Waals surface area contributed by atoms with Gasteiger partial charge in [-0.3, -0.25) is 0 Å². The molecule has 0 saturated carbocycles. The van der Waals surface area contributed by atoms with Gasteiger partial charge in [0.05, 0.1) is 25.0 Å². The molecule has 0 amide bonds. The van der Waals surface area contributed by atoms with E-state index in [-0.39, 0.29) is 0 Å². The average molecular weight is 263 g/mol. The fourth-order valence-electron chi connectivity index (χ4n) is 2.38. The van der Waals surface area contributed by atoms with E-state index in [1.54, 1.807) is 13.4 Å². The van der Waals surface area contributed by atoms with Gasteiger partial charge in [0, 0.05) is 11.1 Å². The van der Waals surface area contributed by atoms with Gasteiger partial charge in [-0.15, -0.1) is 0 Å². The number of ether oxygens (including phenoxy) is 2. The molecule has 3 rings (SSSR count). The van der Waals surface area contributed by atoms with Crippen LogP contribution in [0.25, 0.3) is 5.57 Å². The first kappa shape index (κ1) is 12.3. The Bertz CT molecular complexity index is 726. The number of para-hydroxylation sites is 1. The molecule has 0 atom stereocenters. The van der Waals surface area contributed by atoms with Gasteiger partial charge in [0.1, 0.15) is 12.4 Å². The number of rotatable bonds is 2. The molecule has 0 unspecified atom stereocenters. The minimum atomic E-state index is 0.527. The van der Waals surface area contributed by atoms with Crippen LogP contribution >= 0.6 is 0 Å². The van der Waals surface area contributed by atoms with Crippen LogP contribution < -0.4 is 4.74 Å². The number of nitrogens with zero attached hydrogens (tertiary/aromatic N) is 1. The predicted octanol–water partition coefficient (Wildman–Crippen LogP) is 3.49. The molecule has 0 fully saturated rings. The van der Waals surface area contributed by atoms with Gasteiger partial charge >= 0.3 is 0 Å². The van der Waals surface area contributed by atoms with E-state index in [2.05, 4.69) is 6.07 Å². The molecule has 1 heterocycles. The highest BCUT2D eigenvalue weighted by molar-refractivity contribution is 5.84. The van der Waals surface area contributed by atoms with Crippen molar-refractivity contribution in [3.05, 3.63) is 71.0 Å². The molecule has 3 nitrogen and oxygen atoms in total. The van der Waals surface area contributed by atoms with Gasteiger partial charge in [0.2, 0.25) is 0 Å². The second-order valence-electron chi connectivity index (χ2n) is 4.53. The molecule has 3 heteroatoms. The number of methoxy groups -OCH3 is 1. The lowest BCUT2D eigenvalue weighted by atomic mass is 9.92.